The number of nitrogens with zero attached hydrogens (tertiary/aromatic N) is 2. The molecule has 0 radical (unpaired) electrons. The molecular weight excluding hydrogens is 302 g/mol. The summed E-state index contributed by atoms with van der Waals surface area (Å²) in [5.74, 6) is -0.0699. The van der Waals surface area contributed by atoms with Crippen molar-refractivity contribution >= 4 is 29.0 Å². The zero-order valence-corrected chi connectivity index (χ0v) is 14.1. The Morgan fingerprint density at radius 3 is 2.95 bits per heavy atom. The average molecular weight is 321 g/mol. The molecule has 2 aromatic rings. The minimum atomic E-state index is -0.0699. The van der Waals surface area contributed by atoms with Crippen LogP contribution in [0.4, 0.5) is 0 Å². The molecule has 112 valence electrons. The second-order valence-corrected chi connectivity index (χ2v) is 7.42. The number of thiazole rings is 1. The maximum atomic E-state index is 12.3. The molecule has 2 aromatic heterocycles. The summed E-state index contributed by atoms with van der Waals surface area (Å²) in [6.45, 7) is 6.74. The van der Waals surface area contributed by atoms with E-state index in [4.69, 9.17) is 0 Å². The number of carbonyl (C=O) groups is 1. The van der Waals surface area contributed by atoms with Crippen LogP contribution in [0.3, 0.4) is 0 Å². The third-order valence-corrected chi connectivity index (χ3v) is 4.70. The lowest BCUT2D eigenvalue weighted by atomic mass is 10.2. The first-order valence-electron chi connectivity index (χ1n) is 6.87. The van der Waals surface area contributed by atoms with Gasteiger partial charge < -0.3 is 5.32 Å². The molecule has 0 spiro atoms. The molecule has 1 amide bonds. The lowest BCUT2D eigenvalue weighted by Gasteiger charge is -2.10. The Morgan fingerprint density at radius 2 is 2.29 bits per heavy atom. The molecule has 4 nitrogen and oxygen atoms in total. The molecule has 0 aliphatic rings. The van der Waals surface area contributed by atoms with E-state index in [2.05, 4.69) is 29.1 Å². The van der Waals surface area contributed by atoms with E-state index in [-0.39, 0.29) is 5.91 Å². The van der Waals surface area contributed by atoms with Crippen LogP contribution in [0.2, 0.25) is 0 Å². The van der Waals surface area contributed by atoms with Crippen molar-refractivity contribution in [2.75, 3.05) is 6.54 Å². The predicted molar refractivity (Wildman–Crippen MR) is 88.1 cm³/mol. The number of hydrogen-bond donors (Lipinski definition) is 1. The fraction of sp³-hybridized carbons (Fsp3) is 0.400. The van der Waals surface area contributed by atoms with E-state index in [1.807, 2.05) is 18.4 Å². The highest BCUT2D eigenvalue weighted by atomic mass is 32.2. The summed E-state index contributed by atoms with van der Waals surface area (Å²) in [4.78, 5) is 21.0. The van der Waals surface area contributed by atoms with Crippen LogP contribution < -0.4 is 5.32 Å². The molecule has 0 saturated carbocycles. The number of thioether (sulfide) groups is 1. The lowest BCUT2D eigenvalue weighted by molar-refractivity contribution is 0.0950. The first kappa shape index (κ1) is 16.0. The molecular formula is C15H19N3OS2. The zero-order valence-electron chi connectivity index (χ0n) is 12.4. The third-order valence-electron chi connectivity index (χ3n) is 2.65. The summed E-state index contributed by atoms with van der Waals surface area (Å²) in [5, 5.41) is 7.20. The molecule has 0 atom stereocenters. The lowest BCUT2D eigenvalue weighted by Crippen LogP contribution is -2.26. The third kappa shape index (κ3) is 4.82. The van der Waals surface area contributed by atoms with Crippen molar-refractivity contribution < 1.29 is 4.79 Å². The Hall–Kier alpha value is -1.40. The topological polar surface area (TPSA) is 54.9 Å². The van der Waals surface area contributed by atoms with E-state index >= 15 is 0 Å². The summed E-state index contributed by atoms with van der Waals surface area (Å²) in [6.07, 6.45) is 2.48. The minimum Gasteiger partial charge on any atom is -0.352 e. The Kier molecular flexibility index (Phi) is 5.76. The summed E-state index contributed by atoms with van der Waals surface area (Å²) in [6, 6.07) is 3.62. The standard InChI is InChI=1S/C15H19N3OS2/c1-10(2)21-15-12(5-4-7-17-15)14(19)16-8-6-13-18-11(3)9-20-13/h4-5,7,9-10H,6,8H2,1-3H3,(H,16,19). The number of nitrogens with one attached hydrogen (secondary N) is 1. The van der Waals surface area contributed by atoms with Gasteiger partial charge in [-0.3, -0.25) is 4.79 Å². The molecule has 1 N–H and O–H groups in total. The SMILES string of the molecule is Cc1csc(CCNC(=O)c2cccnc2SC(C)C)n1. The Labute approximate surface area is 133 Å². The predicted octanol–water partition coefficient (Wildman–Crippen LogP) is 3.32. The molecule has 0 fully saturated rings. The van der Waals surface area contributed by atoms with Gasteiger partial charge in [0.15, 0.2) is 0 Å². The summed E-state index contributed by atoms with van der Waals surface area (Å²) in [7, 11) is 0. The highest BCUT2D eigenvalue weighted by Crippen LogP contribution is 2.24. The van der Waals surface area contributed by atoms with Crippen molar-refractivity contribution in [3.05, 3.63) is 40.0 Å². The minimum absolute atomic E-state index is 0.0699. The van der Waals surface area contributed by atoms with Gasteiger partial charge in [0.25, 0.3) is 5.91 Å². The van der Waals surface area contributed by atoms with Gasteiger partial charge in [0.2, 0.25) is 0 Å². The Balaban J connectivity index is 1.94. The van der Waals surface area contributed by atoms with Crippen molar-refractivity contribution in [1.82, 2.24) is 15.3 Å². The van der Waals surface area contributed by atoms with Crippen LogP contribution in [0.5, 0.6) is 0 Å². The van der Waals surface area contributed by atoms with Gasteiger partial charge in [-0.2, -0.15) is 0 Å². The molecule has 21 heavy (non-hydrogen) atoms. The van der Waals surface area contributed by atoms with Crippen LogP contribution in [0, 0.1) is 6.92 Å². The second-order valence-electron chi connectivity index (χ2n) is 4.91. The van der Waals surface area contributed by atoms with Crippen LogP contribution in [0.1, 0.15) is 34.9 Å². The smallest absolute Gasteiger partial charge is 0.254 e. The van der Waals surface area contributed by atoms with Crippen molar-refractivity contribution in [3.8, 4) is 0 Å². The van der Waals surface area contributed by atoms with Gasteiger partial charge in [0.1, 0.15) is 5.03 Å². The quantitative estimate of drug-likeness (QED) is 0.829. The van der Waals surface area contributed by atoms with Crippen molar-refractivity contribution in [1.29, 1.82) is 0 Å². The van der Waals surface area contributed by atoms with E-state index in [9.17, 15) is 4.79 Å². The van der Waals surface area contributed by atoms with Crippen molar-refractivity contribution in [2.45, 2.75) is 37.5 Å². The number of amides is 1. The van der Waals surface area contributed by atoms with E-state index in [0.29, 0.717) is 17.4 Å². The Morgan fingerprint density at radius 1 is 1.48 bits per heavy atom. The molecule has 0 unspecified atom stereocenters. The fourth-order valence-corrected chi connectivity index (χ4v) is 3.41. The number of carbonyl (C=O) groups excluding carboxylic acids is 1. The average Bonchev–Trinajstić information content (AvgIpc) is 2.84. The fourth-order valence-electron chi connectivity index (χ4n) is 1.78. The maximum Gasteiger partial charge on any atom is 0.254 e. The highest BCUT2D eigenvalue weighted by molar-refractivity contribution is 7.99. The molecule has 2 rings (SSSR count). The van der Waals surface area contributed by atoms with Crippen LogP contribution in [-0.4, -0.2) is 27.7 Å². The van der Waals surface area contributed by atoms with Gasteiger partial charge >= 0.3 is 0 Å². The van der Waals surface area contributed by atoms with Crippen molar-refractivity contribution in [3.63, 3.8) is 0 Å². The number of hydrogen-bond acceptors (Lipinski definition) is 5. The first-order chi connectivity index (χ1) is 10.1. The monoisotopic (exact) mass is 321 g/mol. The normalized spacial score (nSPS) is 10.9. The molecule has 2 heterocycles. The molecule has 0 aliphatic carbocycles. The second kappa shape index (κ2) is 7.56. The van der Waals surface area contributed by atoms with Gasteiger partial charge in [-0.15, -0.1) is 23.1 Å². The number of aromatic nitrogens is 2. The Bertz CT molecular complexity index is 610. The highest BCUT2D eigenvalue weighted by Gasteiger charge is 2.13. The molecule has 6 heteroatoms. The largest absolute Gasteiger partial charge is 0.352 e. The van der Waals surface area contributed by atoms with Crippen LogP contribution in [-0.2, 0) is 6.42 Å². The van der Waals surface area contributed by atoms with E-state index in [1.54, 1.807) is 35.4 Å². The van der Waals surface area contributed by atoms with E-state index in [0.717, 1.165) is 22.1 Å². The number of rotatable bonds is 6. The number of aryl methyl sites for hydroxylation is 1. The molecule has 0 aliphatic heterocycles. The van der Waals surface area contributed by atoms with E-state index < -0.39 is 0 Å². The van der Waals surface area contributed by atoms with Crippen LogP contribution in [0.25, 0.3) is 0 Å². The maximum absolute atomic E-state index is 12.3. The van der Waals surface area contributed by atoms with E-state index in [1.165, 1.54) is 0 Å². The van der Waals surface area contributed by atoms with Crippen LogP contribution >= 0.6 is 23.1 Å². The molecule has 0 bridgehead atoms. The summed E-state index contributed by atoms with van der Waals surface area (Å²) in [5.41, 5.74) is 1.68. The zero-order chi connectivity index (χ0) is 15.2. The van der Waals surface area contributed by atoms with Crippen molar-refractivity contribution in [2.24, 2.45) is 0 Å². The number of pyridine rings is 1. The first-order valence-corrected chi connectivity index (χ1v) is 8.63. The summed E-state index contributed by atoms with van der Waals surface area (Å²) < 4.78 is 0. The molecule has 0 aromatic carbocycles. The van der Waals surface area contributed by atoms with Gasteiger partial charge in [0.05, 0.1) is 10.6 Å². The van der Waals surface area contributed by atoms with Crippen LogP contribution in [0.15, 0.2) is 28.7 Å². The van der Waals surface area contributed by atoms with Gasteiger partial charge in [-0.25, -0.2) is 9.97 Å². The molecule has 0 saturated heterocycles. The van der Waals surface area contributed by atoms with Gasteiger partial charge in [-0.1, -0.05) is 13.8 Å². The van der Waals surface area contributed by atoms with Gasteiger partial charge in [-0.05, 0) is 19.1 Å². The summed E-state index contributed by atoms with van der Waals surface area (Å²) >= 11 is 3.23. The van der Waals surface area contributed by atoms with Gasteiger partial charge in [0, 0.05) is 35.5 Å².